The monoisotopic (exact) mass is 432 g/mol. The van der Waals surface area contributed by atoms with Crippen molar-refractivity contribution in [1.29, 1.82) is 0 Å². The molecule has 1 amide bonds. The van der Waals surface area contributed by atoms with E-state index >= 15 is 0 Å². The second-order valence-corrected chi connectivity index (χ2v) is 8.04. The maximum atomic E-state index is 12.6. The van der Waals surface area contributed by atoms with Crippen LogP contribution in [0.4, 0.5) is 20.2 Å². The predicted octanol–water partition coefficient (Wildman–Crippen LogP) is 4.65. The van der Waals surface area contributed by atoms with Crippen LogP contribution in [0.25, 0.3) is 0 Å². The number of hydrogen-bond donors (Lipinski definition) is 2. The molecule has 156 valence electrons. The molecular weight excluding hydrogens is 414 g/mol. The molecule has 0 aliphatic rings. The molecule has 0 heterocycles. The van der Waals surface area contributed by atoms with Crippen molar-refractivity contribution in [2.24, 2.45) is 0 Å². The fourth-order valence-corrected chi connectivity index (χ4v) is 3.70. The van der Waals surface area contributed by atoms with Gasteiger partial charge in [0.25, 0.3) is 15.9 Å². The number of anilines is 2. The molecule has 0 fully saturated rings. The van der Waals surface area contributed by atoms with E-state index in [2.05, 4.69) is 14.8 Å². The lowest BCUT2D eigenvalue weighted by Gasteiger charge is -2.11. The molecule has 2 N–H and O–H groups in total. The first-order valence-corrected chi connectivity index (χ1v) is 10.3. The Hall–Kier alpha value is -3.46. The van der Waals surface area contributed by atoms with Crippen LogP contribution < -0.4 is 14.8 Å². The lowest BCUT2D eigenvalue weighted by Crippen LogP contribution is -2.16. The molecule has 0 aliphatic heterocycles. The maximum Gasteiger partial charge on any atom is 0.387 e. The van der Waals surface area contributed by atoms with E-state index < -0.39 is 22.5 Å². The van der Waals surface area contributed by atoms with E-state index in [1.165, 1.54) is 48.5 Å². The number of aryl methyl sites for hydroxylation is 1. The first kappa shape index (κ1) is 21.3. The van der Waals surface area contributed by atoms with Gasteiger partial charge in [-0.05, 0) is 49.4 Å². The summed E-state index contributed by atoms with van der Waals surface area (Å²) in [6.07, 6.45) is 0. The number of ether oxygens (including phenoxy) is 1. The van der Waals surface area contributed by atoms with Crippen LogP contribution in [0.2, 0.25) is 0 Å². The van der Waals surface area contributed by atoms with Gasteiger partial charge in [-0.25, -0.2) is 8.42 Å². The van der Waals surface area contributed by atoms with E-state index in [9.17, 15) is 22.0 Å². The molecule has 30 heavy (non-hydrogen) atoms. The Morgan fingerprint density at radius 2 is 1.63 bits per heavy atom. The summed E-state index contributed by atoms with van der Waals surface area (Å²) in [6.45, 7) is -1.10. The molecule has 0 saturated heterocycles. The molecule has 6 nitrogen and oxygen atoms in total. The summed E-state index contributed by atoms with van der Waals surface area (Å²) < 4.78 is 56.7. The molecule has 3 rings (SSSR count). The fourth-order valence-electron chi connectivity index (χ4n) is 2.59. The van der Waals surface area contributed by atoms with Crippen molar-refractivity contribution in [1.82, 2.24) is 0 Å². The minimum Gasteiger partial charge on any atom is -0.435 e. The first-order chi connectivity index (χ1) is 14.2. The Bertz CT molecular complexity index is 1150. The highest BCUT2D eigenvalue weighted by Gasteiger charge is 2.17. The molecule has 9 heteroatoms. The number of carbonyl (C=O) groups is 1. The molecule has 0 aliphatic carbocycles. The van der Waals surface area contributed by atoms with E-state index in [0.717, 1.165) is 5.56 Å². The van der Waals surface area contributed by atoms with Crippen molar-refractivity contribution < 1.29 is 26.7 Å². The molecule has 0 saturated carbocycles. The Morgan fingerprint density at radius 1 is 0.933 bits per heavy atom. The summed E-state index contributed by atoms with van der Waals surface area (Å²) in [5, 5.41) is 2.53. The van der Waals surface area contributed by atoms with Crippen molar-refractivity contribution in [3.05, 3.63) is 83.9 Å². The van der Waals surface area contributed by atoms with E-state index in [1.54, 1.807) is 24.3 Å². The van der Waals surface area contributed by atoms with Crippen LogP contribution in [-0.4, -0.2) is 20.9 Å². The average Bonchev–Trinajstić information content (AvgIpc) is 2.69. The SMILES string of the molecule is Cc1ccc(NS(=O)(=O)c2cccc(C(=O)Nc3cccc(OC(F)F)c3)c2)cc1. The second kappa shape index (κ2) is 8.91. The number of amides is 1. The number of sulfonamides is 1. The number of rotatable bonds is 7. The van der Waals surface area contributed by atoms with Gasteiger partial charge in [-0.2, -0.15) is 8.78 Å². The third-order valence-electron chi connectivity index (χ3n) is 4.03. The van der Waals surface area contributed by atoms with Crippen molar-refractivity contribution >= 4 is 27.3 Å². The number of hydrogen-bond acceptors (Lipinski definition) is 4. The van der Waals surface area contributed by atoms with Crippen LogP contribution in [0, 0.1) is 6.92 Å². The quantitative estimate of drug-likeness (QED) is 0.569. The van der Waals surface area contributed by atoms with Crippen LogP contribution in [0.5, 0.6) is 5.75 Å². The highest BCUT2D eigenvalue weighted by molar-refractivity contribution is 7.92. The Kier molecular flexibility index (Phi) is 6.31. The zero-order chi connectivity index (χ0) is 21.7. The molecule has 0 aromatic heterocycles. The molecule has 0 spiro atoms. The van der Waals surface area contributed by atoms with Crippen molar-refractivity contribution in [3.63, 3.8) is 0 Å². The number of carbonyl (C=O) groups excluding carboxylic acids is 1. The fraction of sp³-hybridized carbons (Fsp3) is 0.0952. The lowest BCUT2D eigenvalue weighted by molar-refractivity contribution is -0.0498. The van der Waals surface area contributed by atoms with Crippen LogP contribution >= 0.6 is 0 Å². The van der Waals surface area contributed by atoms with Gasteiger partial charge in [-0.15, -0.1) is 0 Å². The Balaban J connectivity index is 1.77. The van der Waals surface area contributed by atoms with Gasteiger partial charge in [0.05, 0.1) is 4.90 Å². The first-order valence-electron chi connectivity index (χ1n) is 8.79. The third-order valence-corrected chi connectivity index (χ3v) is 5.41. The van der Waals surface area contributed by atoms with Gasteiger partial charge in [0.2, 0.25) is 0 Å². The van der Waals surface area contributed by atoms with E-state index in [1.807, 2.05) is 6.92 Å². The summed E-state index contributed by atoms with van der Waals surface area (Å²) in [7, 11) is -3.91. The van der Waals surface area contributed by atoms with Gasteiger partial charge >= 0.3 is 6.61 Å². The van der Waals surface area contributed by atoms with Gasteiger partial charge in [0.15, 0.2) is 0 Å². The molecule has 3 aromatic carbocycles. The standard InChI is InChI=1S/C21H18F2N2O4S/c1-14-8-10-16(11-9-14)25-30(27,28)19-7-2-4-15(12-19)20(26)24-17-5-3-6-18(13-17)29-21(22)23/h2-13,21,25H,1H3,(H,24,26). The topological polar surface area (TPSA) is 84.5 Å². The smallest absolute Gasteiger partial charge is 0.387 e. The zero-order valence-corrected chi connectivity index (χ0v) is 16.6. The van der Waals surface area contributed by atoms with Crippen molar-refractivity contribution in [3.8, 4) is 5.75 Å². The van der Waals surface area contributed by atoms with Gasteiger partial charge in [-0.1, -0.05) is 29.8 Å². The Labute approximate surface area is 172 Å². The van der Waals surface area contributed by atoms with Crippen LogP contribution in [0.3, 0.4) is 0 Å². The van der Waals surface area contributed by atoms with Crippen molar-refractivity contribution in [2.45, 2.75) is 18.4 Å². The van der Waals surface area contributed by atoms with Gasteiger partial charge < -0.3 is 10.1 Å². The minimum absolute atomic E-state index is 0.0852. The highest BCUT2D eigenvalue weighted by Crippen LogP contribution is 2.21. The van der Waals surface area contributed by atoms with E-state index in [0.29, 0.717) is 5.69 Å². The van der Waals surface area contributed by atoms with E-state index in [4.69, 9.17) is 0 Å². The number of halogens is 2. The summed E-state index contributed by atoms with van der Waals surface area (Å²) >= 11 is 0. The summed E-state index contributed by atoms with van der Waals surface area (Å²) in [4.78, 5) is 12.4. The number of alkyl halides is 2. The van der Waals surface area contributed by atoms with E-state index in [-0.39, 0.29) is 21.9 Å². The number of nitrogens with one attached hydrogen (secondary N) is 2. The molecule has 0 radical (unpaired) electrons. The lowest BCUT2D eigenvalue weighted by atomic mass is 10.2. The average molecular weight is 432 g/mol. The zero-order valence-electron chi connectivity index (χ0n) is 15.8. The predicted molar refractivity (Wildman–Crippen MR) is 109 cm³/mol. The van der Waals surface area contributed by atoms with Gasteiger partial charge in [0.1, 0.15) is 5.75 Å². The minimum atomic E-state index is -3.91. The molecule has 0 atom stereocenters. The normalized spacial score (nSPS) is 11.2. The molecule has 3 aromatic rings. The third kappa shape index (κ3) is 5.54. The molecule has 0 unspecified atom stereocenters. The van der Waals surface area contributed by atoms with Crippen LogP contribution in [0.15, 0.2) is 77.7 Å². The van der Waals surface area contributed by atoms with Crippen LogP contribution in [0.1, 0.15) is 15.9 Å². The number of benzene rings is 3. The summed E-state index contributed by atoms with van der Waals surface area (Å²) in [5.74, 6) is -0.710. The van der Waals surface area contributed by atoms with Crippen molar-refractivity contribution in [2.75, 3.05) is 10.0 Å². The molecular formula is C21H18F2N2O4S. The summed E-state index contributed by atoms with van der Waals surface area (Å²) in [6, 6.07) is 17.8. The van der Waals surface area contributed by atoms with Gasteiger partial charge in [0, 0.05) is 23.0 Å². The summed E-state index contributed by atoms with van der Waals surface area (Å²) in [5.41, 5.74) is 1.69. The Morgan fingerprint density at radius 3 is 2.33 bits per heavy atom. The van der Waals surface area contributed by atoms with Crippen LogP contribution in [-0.2, 0) is 10.0 Å². The largest absolute Gasteiger partial charge is 0.435 e. The second-order valence-electron chi connectivity index (χ2n) is 6.36. The highest BCUT2D eigenvalue weighted by atomic mass is 32.2. The molecule has 0 bridgehead atoms. The van der Waals surface area contributed by atoms with Gasteiger partial charge in [-0.3, -0.25) is 9.52 Å². The maximum absolute atomic E-state index is 12.6.